The Balaban J connectivity index is 2.29. The molecule has 0 saturated carbocycles. The number of hydrogen-bond acceptors (Lipinski definition) is 6. The van der Waals surface area contributed by atoms with Gasteiger partial charge in [-0.1, -0.05) is 4.86 Å². The summed E-state index contributed by atoms with van der Waals surface area (Å²) in [5.41, 5.74) is 0.274. The van der Waals surface area contributed by atoms with E-state index in [-0.39, 0.29) is 26.0 Å². The summed E-state index contributed by atoms with van der Waals surface area (Å²) >= 11 is 0. The Morgan fingerprint density at radius 1 is 0.783 bits per heavy atom. The average molecular weight is 356 g/mol. The van der Waals surface area contributed by atoms with E-state index in [1.165, 1.54) is 48.5 Å². The van der Waals surface area contributed by atoms with Gasteiger partial charge in [-0.2, -0.15) is 0 Å². The SMILES string of the molecule is NS(=O)(=O)c1ccc(N=[N+]([O-])c2ccc(S(N)(=O)=O)cc2)cc1. The highest BCUT2D eigenvalue weighted by molar-refractivity contribution is 7.89. The Kier molecular flexibility index (Phi) is 4.47. The fourth-order valence-corrected chi connectivity index (χ4v) is 2.66. The zero-order valence-electron chi connectivity index (χ0n) is 11.5. The Bertz CT molecular complexity index is 950. The molecule has 0 unspecified atom stereocenters. The largest absolute Gasteiger partial charge is 0.594 e. The lowest BCUT2D eigenvalue weighted by molar-refractivity contribution is -0.435. The van der Waals surface area contributed by atoms with Crippen LogP contribution in [-0.2, 0) is 20.0 Å². The van der Waals surface area contributed by atoms with E-state index in [2.05, 4.69) is 5.11 Å². The average Bonchev–Trinajstić information content (AvgIpc) is 2.46. The Morgan fingerprint density at radius 3 is 1.57 bits per heavy atom. The zero-order valence-corrected chi connectivity index (χ0v) is 13.2. The summed E-state index contributed by atoms with van der Waals surface area (Å²) in [4.78, 5) is 0.0253. The third kappa shape index (κ3) is 4.32. The maximum absolute atomic E-state index is 11.9. The van der Waals surface area contributed by atoms with Crippen LogP contribution in [0.1, 0.15) is 0 Å². The van der Waals surface area contributed by atoms with Gasteiger partial charge in [0.25, 0.3) is 0 Å². The van der Waals surface area contributed by atoms with Crippen LogP contribution in [0, 0.1) is 5.21 Å². The summed E-state index contributed by atoms with van der Waals surface area (Å²) in [6.45, 7) is 0. The maximum atomic E-state index is 11.9. The van der Waals surface area contributed by atoms with Crippen LogP contribution in [0.2, 0.25) is 0 Å². The van der Waals surface area contributed by atoms with Crippen molar-refractivity contribution < 1.29 is 21.7 Å². The number of benzene rings is 2. The van der Waals surface area contributed by atoms with Crippen molar-refractivity contribution in [1.82, 2.24) is 0 Å². The predicted octanol–water partition coefficient (Wildman–Crippen LogP) is 0.907. The van der Waals surface area contributed by atoms with Gasteiger partial charge in [0.1, 0.15) is 5.69 Å². The molecule has 0 fully saturated rings. The van der Waals surface area contributed by atoms with Gasteiger partial charge in [-0.25, -0.2) is 27.1 Å². The van der Waals surface area contributed by atoms with Crippen molar-refractivity contribution in [3.63, 3.8) is 0 Å². The van der Waals surface area contributed by atoms with Crippen molar-refractivity contribution in [2.75, 3.05) is 0 Å². The molecule has 0 atom stereocenters. The Hall–Kier alpha value is -2.34. The number of hydrogen-bond donors (Lipinski definition) is 2. The lowest BCUT2D eigenvalue weighted by atomic mass is 10.3. The van der Waals surface area contributed by atoms with E-state index >= 15 is 0 Å². The summed E-state index contributed by atoms with van der Waals surface area (Å²) in [5.74, 6) is 0. The Labute approximate surface area is 132 Å². The third-order valence-corrected chi connectivity index (χ3v) is 4.62. The first-order valence-corrected chi connectivity index (χ1v) is 9.11. The van der Waals surface area contributed by atoms with Gasteiger partial charge in [-0.05, 0) is 36.4 Å². The van der Waals surface area contributed by atoms with Crippen LogP contribution in [-0.4, -0.2) is 21.7 Å². The van der Waals surface area contributed by atoms with Crippen LogP contribution in [0.3, 0.4) is 0 Å². The molecule has 0 spiro atoms. The molecule has 4 N–H and O–H groups in total. The second-order valence-electron chi connectivity index (χ2n) is 4.45. The maximum Gasteiger partial charge on any atom is 0.244 e. The van der Waals surface area contributed by atoms with E-state index in [0.717, 1.165) is 0 Å². The highest BCUT2D eigenvalue weighted by Gasteiger charge is 2.11. The van der Waals surface area contributed by atoms with E-state index in [0.29, 0.717) is 0 Å². The van der Waals surface area contributed by atoms with Crippen LogP contribution in [0.5, 0.6) is 0 Å². The summed E-state index contributed by atoms with van der Waals surface area (Å²) in [7, 11) is -7.66. The van der Waals surface area contributed by atoms with Crippen molar-refractivity contribution in [3.05, 3.63) is 53.7 Å². The van der Waals surface area contributed by atoms with Crippen molar-refractivity contribution in [2.45, 2.75) is 9.79 Å². The van der Waals surface area contributed by atoms with Gasteiger partial charge in [-0.15, -0.1) is 0 Å². The summed E-state index contributed by atoms with van der Waals surface area (Å²) in [5, 5.41) is 25.5. The number of sulfonamides is 2. The minimum Gasteiger partial charge on any atom is -0.594 e. The first-order chi connectivity index (χ1) is 10.6. The topological polar surface area (TPSA) is 159 Å². The molecular weight excluding hydrogens is 344 g/mol. The molecule has 0 aliphatic heterocycles. The second-order valence-corrected chi connectivity index (χ2v) is 7.57. The molecule has 0 aromatic heterocycles. The van der Waals surface area contributed by atoms with Gasteiger partial charge in [0, 0.05) is 17.2 Å². The quantitative estimate of drug-likeness (QED) is 0.472. The first kappa shape index (κ1) is 17.0. The van der Waals surface area contributed by atoms with Crippen molar-refractivity contribution >= 4 is 31.4 Å². The minimum absolute atomic E-state index is 0.0768. The van der Waals surface area contributed by atoms with Crippen molar-refractivity contribution in [3.8, 4) is 0 Å². The van der Waals surface area contributed by atoms with Crippen LogP contribution in [0.15, 0.2) is 63.4 Å². The van der Waals surface area contributed by atoms with Gasteiger partial charge < -0.3 is 5.21 Å². The van der Waals surface area contributed by atoms with E-state index < -0.39 is 20.0 Å². The van der Waals surface area contributed by atoms with Gasteiger partial charge in [-0.3, -0.25) is 0 Å². The molecule has 9 nitrogen and oxygen atoms in total. The molecule has 0 aliphatic carbocycles. The molecule has 0 heterocycles. The molecule has 0 amide bonds. The van der Waals surface area contributed by atoms with Crippen molar-refractivity contribution in [2.24, 2.45) is 15.4 Å². The minimum atomic E-state index is -3.84. The van der Waals surface area contributed by atoms with Gasteiger partial charge in [0.15, 0.2) is 0 Å². The highest BCUT2D eigenvalue weighted by atomic mass is 32.2. The summed E-state index contributed by atoms with van der Waals surface area (Å²) < 4.78 is 44.5. The number of primary sulfonamides is 2. The van der Waals surface area contributed by atoms with Crippen molar-refractivity contribution in [1.29, 1.82) is 0 Å². The molecule has 0 radical (unpaired) electrons. The van der Waals surface area contributed by atoms with Gasteiger partial charge in [0.05, 0.1) is 9.79 Å². The second kappa shape index (κ2) is 6.04. The number of nitrogens with two attached hydrogens (primary N) is 2. The van der Waals surface area contributed by atoms with Crippen LogP contribution >= 0.6 is 0 Å². The van der Waals surface area contributed by atoms with Crippen LogP contribution < -0.4 is 10.3 Å². The predicted molar refractivity (Wildman–Crippen MR) is 81.0 cm³/mol. The number of rotatable bonds is 4. The molecule has 122 valence electrons. The fourth-order valence-electron chi connectivity index (χ4n) is 1.63. The normalized spacial score (nSPS) is 13.0. The lowest BCUT2D eigenvalue weighted by Gasteiger charge is -2.02. The first-order valence-electron chi connectivity index (χ1n) is 6.02. The number of azo groups is 1. The molecule has 11 heteroatoms. The summed E-state index contributed by atoms with van der Waals surface area (Å²) in [6.07, 6.45) is 0. The molecule has 23 heavy (non-hydrogen) atoms. The van der Waals surface area contributed by atoms with Gasteiger partial charge >= 0.3 is 0 Å². The molecule has 0 saturated heterocycles. The van der Waals surface area contributed by atoms with E-state index in [9.17, 15) is 22.0 Å². The van der Waals surface area contributed by atoms with Crippen LogP contribution in [0.4, 0.5) is 11.4 Å². The smallest absolute Gasteiger partial charge is 0.244 e. The summed E-state index contributed by atoms with van der Waals surface area (Å²) in [6, 6.07) is 9.89. The Morgan fingerprint density at radius 2 is 1.17 bits per heavy atom. The van der Waals surface area contributed by atoms with E-state index in [1.54, 1.807) is 0 Å². The monoisotopic (exact) mass is 356 g/mol. The van der Waals surface area contributed by atoms with Gasteiger partial charge in [0.2, 0.25) is 25.7 Å². The molecule has 2 aromatic carbocycles. The van der Waals surface area contributed by atoms with E-state index in [1.807, 2.05) is 0 Å². The standard InChI is InChI=1S/C12H12N4O5S2/c13-22(18,19)11-5-1-9(2-6-11)15-16(17)10-3-7-12(8-4-10)23(14,20)21/h1-8H,(H2,13,18,19)(H2,14,20,21). The molecule has 2 rings (SSSR count). The third-order valence-electron chi connectivity index (χ3n) is 2.76. The van der Waals surface area contributed by atoms with E-state index in [4.69, 9.17) is 10.3 Å². The zero-order chi connectivity index (χ0) is 17.3. The molecule has 0 aliphatic rings. The fraction of sp³-hybridized carbons (Fsp3) is 0. The lowest BCUT2D eigenvalue weighted by Crippen LogP contribution is -2.11. The molecule has 2 aromatic rings. The van der Waals surface area contributed by atoms with Crippen LogP contribution in [0.25, 0.3) is 0 Å². The highest BCUT2D eigenvalue weighted by Crippen LogP contribution is 2.20. The number of nitrogens with zero attached hydrogens (tertiary/aromatic N) is 2. The molecular formula is C12H12N4O5S2. The molecule has 0 bridgehead atoms.